The molecule has 0 fully saturated rings. The minimum atomic E-state index is 0.0364. The Morgan fingerprint density at radius 1 is 1.39 bits per heavy atom. The molecule has 1 heterocycles. The zero-order valence-electron chi connectivity index (χ0n) is 11.3. The molecule has 1 aromatic rings. The zero-order valence-corrected chi connectivity index (χ0v) is 11.3. The summed E-state index contributed by atoms with van der Waals surface area (Å²) < 4.78 is 0. The Morgan fingerprint density at radius 2 is 2.11 bits per heavy atom. The van der Waals surface area contributed by atoms with E-state index < -0.39 is 0 Å². The van der Waals surface area contributed by atoms with E-state index >= 15 is 0 Å². The molecule has 2 rings (SSSR count). The van der Waals surface area contributed by atoms with Crippen molar-refractivity contribution in [2.24, 2.45) is 10.7 Å². The summed E-state index contributed by atoms with van der Waals surface area (Å²) in [5, 5.41) is 3.37. The van der Waals surface area contributed by atoms with Gasteiger partial charge in [0.2, 0.25) is 0 Å². The Labute approximate surface area is 109 Å². The molecule has 1 aliphatic rings. The molecule has 3 nitrogen and oxygen atoms in total. The normalized spacial score (nSPS) is 21.4. The minimum absolute atomic E-state index is 0.0364. The minimum Gasteiger partial charge on any atom is -0.387 e. The van der Waals surface area contributed by atoms with Crippen LogP contribution in [-0.2, 0) is 0 Å². The van der Waals surface area contributed by atoms with Gasteiger partial charge in [-0.1, -0.05) is 44.5 Å². The van der Waals surface area contributed by atoms with Crippen LogP contribution >= 0.6 is 0 Å². The fourth-order valence-electron chi connectivity index (χ4n) is 2.41. The van der Waals surface area contributed by atoms with Crippen LogP contribution in [-0.4, -0.2) is 12.4 Å². The maximum atomic E-state index is 5.79. The van der Waals surface area contributed by atoms with Gasteiger partial charge in [-0.25, -0.2) is 4.99 Å². The zero-order chi connectivity index (χ0) is 13.0. The van der Waals surface area contributed by atoms with E-state index in [9.17, 15) is 0 Å². The number of hydrogen-bond acceptors (Lipinski definition) is 3. The van der Waals surface area contributed by atoms with Crippen LogP contribution in [0.3, 0.4) is 0 Å². The number of nitrogens with two attached hydrogens (primary N) is 1. The summed E-state index contributed by atoms with van der Waals surface area (Å²) in [6.07, 6.45) is 3.36. The fraction of sp³-hybridized carbons (Fsp3) is 0.533. The molecule has 2 unspecified atom stereocenters. The lowest BCUT2D eigenvalue weighted by atomic mass is 9.95. The molecule has 1 aliphatic heterocycles. The van der Waals surface area contributed by atoms with Crippen LogP contribution in [0.4, 0.5) is 0 Å². The second-order valence-electron chi connectivity index (χ2n) is 5.08. The fourth-order valence-corrected chi connectivity index (χ4v) is 2.41. The second kappa shape index (κ2) is 6.01. The van der Waals surface area contributed by atoms with E-state index in [2.05, 4.69) is 48.4 Å². The molecule has 0 radical (unpaired) electrons. The summed E-state index contributed by atoms with van der Waals surface area (Å²) in [6, 6.07) is 8.78. The molecular formula is C15H23N3. The smallest absolute Gasteiger partial charge is 0.127 e. The second-order valence-corrected chi connectivity index (χ2v) is 5.08. The largest absolute Gasteiger partial charge is 0.387 e. The van der Waals surface area contributed by atoms with E-state index in [1.807, 2.05) is 0 Å². The quantitative estimate of drug-likeness (QED) is 0.857. The number of amidine groups is 1. The third kappa shape index (κ3) is 3.10. The van der Waals surface area contributed by atoms with Crippen LogP contribution < -0.4 is 11.1 Å². The predicted octanol–water partition coefficient (Wildman–Crippen LogP) is 2.94. The third-order valence-electron chi connectivity index (χ3n) is 3.56. The highest BCUT2D eigenvalue weighted by molar-refractivity contribution is 5.81. The third-order valence-corrected chi connectivity index (χ3v) is 3.56. The van der Waals surface area contributed by atoms with Crippen molar-refractivity contribution in [3.05, 3.63) is 35.4 Å². The van der Waals surface area contributed by atoms with Crippen molar-refractivity contribution < 1.29 is 0 Å². The van der Waals surface area contributed by atoms with Crippen molar-refractivity contribution in [1.29, 1.82) is 0 Å². The van der Waals surface area contributed by atoms with Crippen molar-refractivity contribution in [1.82, 2.24) is 5.32 Å². The van der Waals surface area contributed by atoms with Gasteiger partial charge in [0.15, 0.2) is 0 Å². The predicted molar refractivity (Wildman–Crippen MR) is 76.7 cm³/mol. The van der Waals surface area contributed by atoms with Gasteiger partial charge in [0.25, 0.3) is 0 Å². The van der Waals surface area contributed by atoms with Crippen molar-refractivity contribution in [2.45, 2.75) is 45.2 Å². The molecule has 0 aromatic heterocycles. The summed E-state index contributed by atoms with van der Waals surface area (Å²) in [6.45, 7) is 5.43. The van der Waals surface area contributed by atoms with Gasteiger partial charge in [0.05, 0.1) is 5.84 Å². The van der Waals surface area contributed by atoms with Crippen molar-refractivity contribution >= 4 is 5.84 Å². The van der Waals surface area contributed by atoms with Gasteiger partial charge in [-0.15, -0.1) is 0 Å². The van der Waals surface area contributed by atoms with Crippen LogP contribution in [0.5, 0.6) is 0 Å². The SMILES string of the molecule is CCCC(C)c1ccc(C2N=C(N)CCN2)cc1. The first-order chi connectivity index (χ1) is 8.70. The number of nitrogens with one attached hydrogen (secondary N) is 1. The summed E-state index contributed by atoms with van der Waals surface area (Å²) >= 11 is 0. The Kier molecular flexibility index (Phi) is 4.37. The number of benzene rings is 1. The Hall–Kier alpha value is -1.35. The van der Waals surface area contributed by atoms with Crippen LogP contribution in [0.1, 0.15) is 56.3 Å². The van der Waals surface area contributed by atoms with Gasteiger partial charge in [-0.3, -0.25) is 5.32 Å². The molecule has 0 bridgehead atoms. The summed E-state index contributed by atoms with van der Waals surface area (Å²) in [4.78, 5) is 4.45. The van der Waals surface area contributed by atoms with Gasteiger partial charge in [0, 0.05) is 13.0 Å². The van der Waals surface area contributed by atoms with Gasteiger partial charge in [-0.05, 0) is 23.5 Å². The highest BCUT2D eigenvalue weighted by atomic mass is 15.1. The molecule has 0 saturated carbocycles. The topological polar surface area (TPSA) is 50.4 Å². The number of nitrogens with zero attached hydrogens (tertiary/aromatic N) is 1. The molecule has 0 aliphatic carbocycles. The lowest BCUT2D eigenvalue weighted by molar-refractivity contribution is 0.539. The van der Waals surface area contributed by atoms with E-state index in [4.69, 9.17) is 5.73 Å². The van der Waals surface area contributed by atoms with E-state index in [1.54, 1.807) is 0 Å². The molecule has 1 aromatic carbocycles. The number of hydrogen-bond donors (Lipinski definition) is 2. The molecule has 98 valence electrons. The molecule has 0 saturated heterocycles. The maximum Gasteiger partial charge on any atom is 0.127 e. The molecule has 18 heavy (non-hydrogen) atoms. The van der Waals surface area contributed by atoms with E-state index in [0.717, 1.165) is 18.8 Å². The number of rotatable bonds is 4. The molecule has 2 atom stereocenters. The molecule has 3 heteroatoms. The van der Waals surface area contributed by atoms with Gasteiger partial charge in [0.1, 0.15) is 6.17 Å². The van der Waals surface area contributed by atoms with Crippen LogP contribution in [0.15, 0.2) is 29.3 Å². The van der Waals surface area contributed by atoms with Gasteiger partial charge in [-0.2, -0.15) is 0 Å². The summed E-state index contributed by atoms with van der Waals surface area (Å²) in [5.74, 6) is 1.39. The first-order valence-corrected chi connectivity index (χ1v) is 6.86. The molecule has 0 amide bonds. The van der Waals surface area contributed by atoms with E-state index in [-0.39, 0.29) is 6.17 Å². The molecular weight excluding hydrogens is 222 g/mol. The van der Waals surface area contributed by atoms with Crippen molar-refractivity contribution in [3.8, 4) is 0 Å². The van der Waals surface area contributed by atoms with Crippen molar-refractivity contribution in [3.63, 3.8) is 0 Å². The Bertz CT molecular complexity index is 408. The lowest BCUT2D eigenvalue weighted by Gasteiger charge is -2.21. The highest BCUT2D eigenvalue weighted by Crippen LogP contribution is 2.23. The molecule has 3 N–H and O–H groups in total. The van der Waals surface area contributed by atoms with Gasteiger partial charge >= 0.3 is 0 Å². The van der Waals surface area contributed by atoms with Crippen LogP contribution in [0.2, 0.25) is 0 Å². The average molecular weight is 245 g/mol. The first kappa shape index (κ1) is 13.1. The summed E-state index contributed by atoms with van der Waals surface area (Å²) in [5.41, 5.74) is 8.40. The van der Waals surface area contributed by atoms with E-state index in [0.29, 0.717) is 5.92 Å². The first-order valence-electron chi connectivity index (χ1n) is 6.86. The van der Waals surface area contributed by atoms with E-state index in [1.165, 1.54) is 24.0 Å². The highest BCUT2D eigenvalue weighted by Gasteiger charge is 2.14. The average Bonchev–Trinajstić information content (AvgIpc) is 2.39. The Balaban J connectivity index is 2.10. The Morgan fingerprint density at radius 3 is 2.72 bits per heavy atom. The monoisotopic (exact) mass is 245 g/mol. The maximum absolute atomic E-state index is 5.79. The lowest BCUT2D eigenvalue weighted by Crippen LogP contribution is -2.32. The summed E-state index contributed by atoms with van der Waals surface area (Å²) in [7, 11) is 0. The molecule has 0 spiro atoms. The van der Waals surface area contributed by atoms with Crippen LogP contribution in [0.25, 0.3) is 0 Å². The number of aliphatic imine (C=N–C) groups is 1. The van der Waals surface area contributed by atoms with Crippen LogP contribution in [0, 0.1) is 0 Å². The van der Waals surface area contributed by atoms with Gasteiger partial charge < -0.3 is 5.73 Å². The standard InChI is InChI=1S/C15H23N3/c1-3-4-11(2)12-5-7-13(8-6-12)15-17-10-9-14(16)18-15/h5-8,11,15,17H,3-4,9-10H2,1-2H3,(H2,16,18). The van der Waals surface area contributed by atoms with Crippen molar-refractivity contribution in [2.75, 3.05) is 6.54 Å².